The van der Waals surface area contributed by atoms with Crippen LogP contribution in [0, 0.1) is 0 Å². The van der Waals surface area contributed by atoms with Crippen LogP contribution in [0.5, 0.6) is 0 Å². The fraction of sp³-hybridized carbons (Fsp3) is 0.211. The fourth-order valence-corrected chi connectivity index (χ4v) is 3.10. The van der Waals surface area contributed by atoms with Crippen molar-refractivity contribution in [2.75, 3.05) is 26.3 Å². The van der Waals surface area contributed by atoms with Gasteiger partial charge in [-0.05, 0) is 36.4 Å². The van der Waals surface area contributed by atoms with E-state index in [0.29, 0.717) is 48.1 Å². The minimum absolute atomic E-state index is 0.188. The van der Waals surface area contributed by atoms with Crippen LogP contribution in [0.25, 0.3) is 22.2 Å². The van der Waals surface area contributed by atoms with Gasteiger partial charge in [0.05, 0.1) is 30.0 Å². The first-order valence-corrected chi connectivity index (χ1v) is 8.73. The molecule has 0 atom stereocenters. The van der Waals surface area contributed by atoms with Crippen molar-refractivity contribution < 1.29 is 9.53 Å². The van der Waals surface area contributed by atoms with Crippen molar-refractivity contribution in [3.05, 3.63) is 59.4 Å². The van der Waals surface area contributed by atoms with E-state index in [2.05, 4.69) is 15.4 Å². The standard InChI is InChI=1S/C19H17ClN4O2/c20-14-3-4-17-15(10-14)16(19(25)23-24-6-8-26-9-7-24)11-18(22-17)13-2-1-5-21-12-13/h1-5,10-12H,6-9H2,(H,23,25). The van der Waals surface area contributed by atoms with Crippen molar-refractivity contribution in [1.29, 1.82) is 0 Å². The number of fused-ring (bicyclic) bond motifs is 1. The van der Waals surface area contributed by atoms with Crippen LogP contribution in [0.3, 0.4) is 0 Å². The zero-order chi connectivity index (χ0) is 17.9. The Balaban J connectivity index is 1.77. The largest absolute Gasteiger partial charge is 0.379 e. The molecule has 2 aromatic heterocycles. The monoisotopic (exact) mass is 368 g/mol. The summed E-state index contributed by atoms with van der Waals surface area (Å²) in [6.07, 6.45) is 3.43. The number of amides is 1. The predicted molar refractivity (Wildman–Crippen MR) is 99.8 cm³/mol. The lowest BCUT2D eigenvalue weighted by Crippen LogP contribution is -2.48. The third kappa shape index (κ3) is 3.53. The van der Waals surface area contributed by atoms with Crippen LogP contribution in [0.4, 0.5) is 0 Å². The van der Waals surface area contributed by atoms with Gasteiger partial charge in [-0.15, -0.1) is 0 Å². The maximum absolute atomic E-state index is 12.9. The number of carbonyl (C=O) groups is 1. The van der Waals surface area contributed by atoms with Gasteiger partial charge in [-0.25, -0.2) is 9.99 Å². The molecule has 0 bridgehead atoms. The summed E-state index contributed by atoms with van der Waals surface area (Å²) in [4.78, 5) is 21.7. The molecule has 6 nitrogen and oxygen atoms in total. The lowest BCUT2D eigenvalue weighted by atomic mass is 10.0. The Morgan fingerprint density at radius 2 is 2.04 bits per heavy atom. The molecule has 4 rings (SSSR count). The van der Waals surface area contributed by atoms with Crippen molar-refractivity contribution in [2.24, 2.45) is 0 Å². The Labute approximate surface area is 155 Å². The molecular weight excluding hydrogens is 352 g/mol. The van der Waals surface area contributed by atoms with Gasteiger partial charge >= 0.3 is 0 Å². The molecule has 0 radical (unpaired) electrons. The van der Waals surface area contributed by atoms with Crippen molar-refractivity contribution in [3.8, 4) is 11.3 Å². The molecule has 1 aliphatic rings. The summed E-state index contributed by atoms with van der Waals surface area (Å²) in [5, 5.41) is 3.15. The van der Waals surface area contributed by atoms with Gasteiger partial charge in [-0.2, -0.15) is 0 Å². The second kappa shape index (κ2) is 7.37. The lowest BCUT2D eigenvalue weighted by molar-refractivity contribution is 0.0127. The van der Waals surface area contributed by atoms with Crippen molar-refractivity contribution >= 4 is 28.4 Å². The number of hydrogen-bond donors (Lipinski definition) is 1. The van der Waals surface area contributed by atoms with E-state index in [1.807, 2.05) is 23.2 Å². The van der Waals surface area contributed by atoms with Crippen LogP contribution in [-0.2, 0) is 4.74 Å². The van der Waals surface area contributed by atoms with Crippen LogP contribution in [0.1, 0.15) is 10.4 Å². The molecule has 0 unspecified atom stereocenters. The second-order valence-corrected chi connectivity index (χ2v) is 6.44. The van der Waals surface area contributed by atoms with E-state index in [1.54, 1.807) is 30.6 Å². The van der Waals surface area contributed by atoms with Crippen LogP contribution in [0.2, 0.25) is 5.02 Å². The average Bonchev–Trinajstić information content (AvgIpc) is 2.68. The van der Waals surface area contributed by atoms with Gasteiger partial charge in [0.2, 0.25) is 0 Å². The molecule has 1 fully saturated rings. The van der Waals surface area contributed by atoms with Gasteiger partial charge in [0, 0.05) is 41.5 Å². The van der Waals surface area contributed by atoms with Crippen molar-refractivity contribution in [3.63, 3.8) is 0 Å². The van der Waals surface area contributed by atoms with Gasteiger partial charge in [0.15, 0.2) is 0 Å². The number of hydrazine groups is 1. The van der Waals surface area contributed by atoms with E-state index in [0.717, 1.165) is 10.9 Å². The minimum Gasteiger partial charge on any atom is -0.379 e. The predicted octanol–water partition coefficient (Wildman–Crippen LogP) is 2.93. The number of hydrogen-bond acceptors (Lipinski definition) is 5. The van der Waals surface area contributed by atoms with Crippen molar-refractivity contribution in [1.82, 2.24) is 20.4 Å². The molecule has 0 aliphatic carbocycles. The number of nitrogens with one attached hydrogen (secondary N) is 1. The highest BCUT2D eigenvalue weighted by Crippen LogP contribution is 2.26. The quantitative estimate of drug-likeness (QED) is 0.770. The number of halogens is 1. The summed E-state index contributed by atoms with van der Waals surface area (Å²) >= 11 is 6.15. The Kier molecular flexibility index (Phi) is 4.79. The second-order valence-electron chi connectivity index (χ2n) is 6.00. The first kappa shape index (κ1) is 16.9. The molecule has 1 aliphatic heterocycles. The highest BCUT2D eigenvalue weighted by atomic mass is 35.5. The number of pyridine rings is 2. The molecule has 0 saturated carbocycles. The number of aromatic nitrogens is 2. The number of nitrogens with zero attached hydrogens (tertiary/aromatic N) is 3. The number of rotatable bonds is 3. The van der Waals surface area contributed by atoms with E-state index in [1.165, 1.54) is 0 Å². The summed E-state index contributed by atoms with van der Waals surface area (Å²) in [5.41, 5.74) is 5.74. The molecule has 3 heterocycles. The van der Waals surface area contributed by atoms with E-state index < -0.39 is 0 Å². The maximum Gasteiger partial charge on any atom is 0.266 e. The minimum atomic E-state index is -0.188. The summed E-state index contributed by atoms with van der Waals surface area (Å²) in [6.45, 7) is 2.52. The smallest absolute Gasteiger partial charge is 0.266 e. The van der Waals surface area contributed by atoms with Gasteiger partial charge in [-0.3, -0.25) is 15.2 Å². The summed E-state index contributed by atoms with van der Waals surface area (Å²) < 4.78 is 5.32. The van der Waals surface area contributed by atoms with E-state index in [-0.39, 0.29) is 5.91 Å². The molecule has 1 saturated heterocycles. The normalized spacial score (nSPS) is 15.1. The van der Waals surface area contributed by atoms with Gasteiger partial charge in [0.25, 0.3) is 5.91 Å². The van der Waals surface area contributed by atoms with Gasteiger partial charge in [0.1, 0.15) is 0 Å². The lowest BCUT2D eigenvalue weighted by Gasteiger charge is -2.27. The number of morpholine rings is 1. The third-order valence-electron chi connectivity index (χ3n) is 4.24. The SMILES string of the molecule is O=C(NN1CCOCC1)c1cc(-c2cccnc2)nc2ccc(Cl)cc12. The van der Waals surface area contributed by atoms with E-state index in [4.69, 9.17) is 16.3 Å². The Hall–Kier alpha value is -2.54. The molecule has 7 heteroatoms. The Bertz CT molecular complexity index is 943. The van der Waals surface area contributed by atoms with Gasteiger partial charge in [-0.1, -0.05) is 11.6 Å². The zero-order valence-corrected chi connectivity index (χ0v) is 14.7. The molecule has 26 heavy (non-hydrogen) atoms. The number of benzene rings is 1. The molecule has 0 spiro atoms. The summed E-state index contributed by atoms with van der Waals surface area (Å²) in [6, 6.07) is 10.9. The molecule has 3 aromatic rings. The molecule has 1 aromatic carbocycles. The Morgan fingerprint density at radius 3 is 2.81 bits per heavy atom. The van der Waals surface area contributed by atoms with Crippen LogP contribution < -0.4 is 5.43 Å². The summed E-state index contributed by atoms with van der Waals surface area (Å²) in [5.74, 6) is -0.188. The molecule has 1 N–H and O–H groups in total. The first-order valence-electron chi connectivity index (χ1n) is 8.35. The van der Waals surface area contributed by atoms with Crippen LogP contribution >= 0.6 is 11.6 Å². The summed E-state index contributed by atoms with van der Waals surface area (Å²) in [7, 11) is 0. The third-order valence-corrected chi connectivity index (χ3v) is 4.48. The highest BCUT2D eigenvalue weighted by molar-refractivity contribution is 6.31. The molecular formula is C19H17ClN4O2. The molecule has 132 valence electrons. The van der Waals surface area contributed by atoms with Crippen LogP contribution in [-0.4, -0.2) is 47.2 Å². The zero-order valence-electron chi connectivity index (χ0n) is 14.0. The Morgan fingerprint density at radius 1 is 1.19 bits per heavy atom. The number of carbonyl (C=O) groups excluding carboxylic acids is 1. The fourth-order valence-electron chi connectivity index (χ4n) is 2.93. The van der Waals surface area contributed by atoms with Crippen LogP contribution in [0.15, 0.2) is 48.8 Å². The van der Waals surface area contributed by atoms with Gasteiger partial charge < -0.3 is 4.74 Å². The number of ether oxygens (including phenoxy) is 1. The molecule has 1 amide bonds. The van der Waals surface area contributed by atoms with Crippen molar-refractivity contribution in [2.45, 2.75) is 0 Å². The average molecular weight is 369 g/mol. The first-order chi connectivity index (χ1) is 12.7. The topological polar surface area (TPSA) is 67.4 Å². The van der Waals surface area contributed by atoms with E-state index in [9.17, 15) is 4.79 Å². The maximum atomic E-state index is 12.9. The highest BCUT2D eigenvalue weighted by Gasteiger charge is 2.18. The van der Waals surface area contributed by atoms with E-state index >= 15 is 0 Å².